The standard InChI is InChI=1S/C7H2BrClFNO3/c8-4-1-3(7(9)12)2-5(6(4)10)11(13)14/h1-2H. The Balaban J connectivity index is 3.43. The summed E-state index contributed by atoms with van der Waals surface area (Å²) in [5.41, 5.74) is -0.921. The number of benzene rings is 1. The third kappa shape index (κ3) is 2.08. The molecular formula is C7H2BrClFNO3. The van der Waals surface area contributed by atoms with Crippen LogP contribution in [0.2, 0.25) is 0 Å². The molecule has 0 aliphatic rings. The van der Waals surface area contributed by atoms with Crippen molar-refractivity contribution in [1.82, 2.24) is 0 Å². The third-order valence-electron chi connectivity index (χ3n) is 1.43. The molecule has 1 rings (SSSR count). The Morgan fingerprint density at radius 2 is 2.14 bits per heavy atom. The largest absolute Gasteiger partial charge is 0.306 e. The highest BCUT2D eigenvalue weighted by atomic mass is 79.9. The van der Waals surface area contributed by atoms with Gasteiger partial charge in [-0.05, 0) is 33.6 Å². The van der Waals surface area contributed by atoms with Crippen LogP contribution in [0.3, 0.4) is 0 Å². The quantitative estimate of drug-likeness (QED) is 0.476. The molecule has 7 heteroatoms. The van der Waals surface area contributed by atoms with Crippen LogP contribution in [0.4, 0.5) is 10.1 Å². The Morgan fingerprint density at radius 1 is 1.57 bits per heavy atom. The zero-order valence-corrected chi connectivity index (χ0v) is 8.80. The number of nitro benzene ring substituents is 1. The first-order valence-electron chi connectivity index (χ1n) is 3.26. The second kappa shape index (κ2) is 4.02. The van der Waals surface area contributed by atoms with Gasteiger partial charge in [-0.1, -0.05) is 0 Å². The van der Waals surface area contributed by atoms with Gasteiger partial charge in [-0.15, -0.1) is 0 Å². The summed E-state index contributed by atoms with van der Waals surface area (Å²) in [7, 11) is 0. The predicted octanol–water partition coefficient (Wildman–Crippen LogP) is 2.88. The summed E-state index contributed by atoms with van der Waals surface area (Å²) in [4.78, 5) is 20.1. The van der Waals surface area contributed by atoms with Crippen molar-refractivity contribution in [1.29, 1.82) is 0 Å². The topological polar surface area (TPSA) is 60.2 Å². The highest BCUT2D eigenvalue weighted by Gasteiger charge is 2.20. The van der Waals surface area contributed by atoms with Crippen LogP contribution >= 0.6 is 27.5 Å². The molecular weight excluding hydrogens is 280 g/mol. The summed E-state index contributed by atoms with van der Waals surface area (Å²) in [6.07, 6.45) is 0. The lowest BCUT2D eigenvalue weighted by Gasteiger charge is -1.99. The van der Waals surface area contributed by atoms with Crippen molar-refractivity contribution in [3.05, 3.63) is 38.1 Å². The van der Waals surface area contributed by atoms with Crippen LogP contribution in [0, 0.1) is 15.9 Å². The molecule has 74 valence electrons. The molecule has 0 aromatic heterocycles. The lowest BCUT2D eigenvalue weighted by atomic mass is 10.2. The fourth-order valence-corrected chi connectivity index (χ4v) is 1.38. The fraction of sp³-hybridized carbons (Fsp3) is 0. The molecule has 0 fully saturated rings. The minimum atomic E-state index is -1.03. The predicted molar refractivity (Wildman–Crippen MR) is 50.9 cm³/mol. The van der Waals surface area contributed by atoms with Crippen LogP contribution in [-0.2, 0) is 0 Å². The first-order valence-corrected chi connectivity index (χ1v) is 4.44. The maximum atomic E-state index is 13.1. The van der Waals surface area contributed by atoms with Gasteiger partial charge in [-0.3, -0.25) is 14.9 Å². The maximum Gasteiger partial charge on any atom is 0.306 e. The SMILES string of the molecule is O=C(Cl)c1cc(Br)c(F)c([N+](=O)[O-])c1. The normalized spacial score (nSPS) is 9.93. The number of carbonyl (C=O) groups is 1. The molecule has 1 aromatic carbocycles. The van der Waals surface area contributed by atoms with E-state index in [1.54, 1.807) is 0 Å². The molecule has 0 unspecified atom stereocenters. The van der Waals surface area contributed by atoms with E-state index in [0.29, 0.717) is 0 Å². The molecule has 0 radical (unpaired) electrons. The number of rotatable bonds is 2. The van der Waals surface area contributed by atoms with E-state index in [0.717, 1.165) is 12.1 Å². The number of nitro groups is 1. The van der Waals surface area contributed by atoms with Gasteiger partial charge < -0.3 is 0 Å². The van der Waals surface area contributed by atoms with E-state index < -0.39 is 21.7 Å². The molecule has 0 saturated carbocycles. The van der Waals surface area contributed by atoms with Crippen LogP contribution in [0.5, 0.6) is 0 Å². The van der Waals surface area contributed by atoms with E-state index in [1.165, 1.54) is 0 Å². The van der Waals surface area contributed by atoms with Crippen LogP contribution in [0.1, 0.15) is 10.4 Å². The van der Waals surface area contributed by atoms with Gasteiger partial charge in [-0.25, -0.2) is 0 Å². The summed E-state index contributed by atoms with van der Waals surface area (Å²) in [6.45, 7) is 0. The smallest absolute Gasteiger partial charge is 0.276 e. The van der Waals surface area contributed by atoms with E-state index in [-0.39, 0.29) is 10.0 Å². The minimum Gasteiger partial charge on any atom is -0.276 e. The Bertz CT molecular complexity index is 424. The number of carbonyl (C=O) groups excluding carboxylic acids is 1. The van der Waals surface area contributed by atoms with Crippen molar-refractivity contribution in [2.75, 3.05) is 0 Å². The van der Waals surface area contributed by atoms with Gasteiger partial charge in [-0.2, -0.15) is 4.39 Å². The summed E-state index contributed by atoms with van der Waals surface area (Å²) < 4.78 is 12.9. The summed E-state index contributed by atoms with van der Waals surface area (Å²) in [5.74, 6) is -1.03. The van der Waals surface area contributed by atoms with Gasteiger partial charge >= 0.3 is 5.69 Å². The van der Waals surface area contributed by atoms with E-state index in [9.17, 15) is 19.3 Å². The zero-order valence-electron chi connectivity index (χ0n) is 6.46. The van der Waals surface area contributed by atoms with Crippen molar-refractivity contribution >= 4 is 38.5 Å². The first kappa shape index (κ1) is 11.1. The average molecular weight is 282 g/mol. The lowest BCUT2D eigenvalue weighted by molar-refractivity contribution is -0.387. The van der Waals surface area contributed by atoms with Crippen molar-refractivity contribution in [2.24, 2.45) is 0 Å². The van der Waals surface area contributed by atoms with Gasteiger partial charge in [0.2, 0.25) is 5.82 Å². The Kier molecular flexibility index (Phi) is 3.17. The van der Waals surface area contributed by atoms with Gasteiger partial charge in [0, 0.05) is 11.6 Å². The van der Waals surface area contributed by atoms with Gasteiger partial charge in [0.05, 0.1) is 9.40 Å². The summed E-state index contributed by atoms with van der Waals surface area (Å²) >= 11 is 7.84. The Labute approximate surface area is 90.9 Å². The van der Waals surface area contributed by atoms with Crippen molar-refractivity contribution in [3.8, 4) is 0 Å². The second-order valence-corrected chi connectivity index (χ2v) is 3.52. The molecule has 0 spiro atoms. The molecule has 0 N–H and O–H groups in total. The first-order chi connectivity index (χ1) is 6.43. The third-order valence-corrected chi connectivity index (χ3v) is 2.23. The highest BCUT2D eigenvalue weighted by Crippen LogP contribution is 2.27. The van der Waals surface area contributed by atoms with Gasteiger partial charge in [0.1, 0.15) is 0 Å². The Morgan fingerprint density at radius 3 is 2.57 bits per heavy atom. The second-order valence-electron chi connectivity index (χ2n) is 2.32. The molecule has 0 amide bonds. The van der Waals surface area contributed by atoms with Crippen molar-refractivity contribution in [2.45, 2.75) is 0 Å². The van der Waals surface area contributed by atoms with Crippen molar-refractivity contribution in [3.63, 3.8) is 0 Å². The molecule has 4 nitrogen and oxygen atoms in total. The number of halogens is 3. The van der Waals surface area contributed by atoms with Gasteiger partial charge in [0.25, 0.3) is 5.24 Å². The molecule has 0 aliphatic heterocycles. The van der Waals surface area contributed by atoms with E-state index in [1.807, 2.05) is 0 Å². The number of nitrogens with zero attached hydrogens (tertiary/aromatic N) is 1. The molecule has 0 aliphatic carbocycles. The molecule has 14 heavy (non-hydrogen) atoms. The molecule has 0 heterocycles. The zero-order chi connectivity index (χ0) is 10.9. The minimum absolute atomic E-state index is 0.133. The van der Waals surface area contributed by atoms with Crippen LogP contribution in [0.25, 0.3) is 0 Å². The van der Waals surface area contributed by atoms with E-state index >= 15 is 0 Å². The molecule has 1 aromatic rings. The number of hydrogen-bond acceptors (Lipinski definition) is 3. The van der Waals surface area contributed by atoms with Crippen LogP contribution < -0.4 is 0 Å². The van der Waals surface area contributed by atoms with E-state index in [2.05, 4.69) is 15.9 Å². The fourth-order valence-electron chi connectivity index (χ4n) is 0.821. The van der Waals surface area contributed by atoms with Crippen LogP contribution in [0.15, 0.2) is 16.6 Å². The average Bonchev–Trinajstić information content (AvgIpc) is 2.08. The van der Waals surface area contributed by atoms with Crippen molar-refractivity contribution < 1.29 is 14.1 Å². The Hall–Kier alpha value is -1.01. The molecule has 0 bridgehead atoms. The maximum absolute atomic E-state index is 13.1. The monoisotopic (exact) mass is 281 g/mol. The van der Waals surface area contributed by atoms with E-state index in [4.69, 9.17) is 11.6 Å². The molecule has 0 saturated heterocycles. The van der Waals surface area contributed by atoms with Crippen LogP contribution in [-0.4, -0.2) is 10.2 Å². The van der Waals surface area contributed by atoms with Gasteiger partial charge in [0.15, 0.2) is 0 Å². The number of hydrogen-bond donors (Lipinski definition) is 0. The lowest BCUT2D eigenvalue weighted by Crippen LogP contribution is -1.97. The highest BCUT2D eigenvalue weighted by molar-refractivity contribution is 9.10. The summed E-state index contributed by atoms with van der Waals surface area (Å²) in [5, 5.41) is 9.46. The molecule has 0 atom stereocenters. The summed E-state index contributed by atoms with van der Waals surface area (Å²) in [6, 6.07) is 1.87.